The van der Waals surface area contributed by atoms with Crippen LogP contribution in [0.3, 0.4) is 0 Å². The summed E-state index contributed by atoms with van der Waals surface area (Å²) in [7, 11) is 0. The van der Waals surface area contributed by atoms with Gasteiger partial charge in [0.1, 0.15) is 6.61 Å². The minimum absolute atomic E-state index is 0.0149. The molecule has 108 valence electrons. The third-order valence-electron chi connectivity index (χ3n) is 3.98. The van der Waals surface area contributed by atoms with Crippen molar-refractivity contribution in [3.63, 3.8) is 0 Å². The van der Waals surface area contributed by atoms with Crippen LogP contribution in [0.4, 0.5) is 14.5 Å². The molecule has 20 heavy (non-hydrogen) atoms. The highest BCUT2D eigenvalue weighted by molar-refractivity contribution is 5.95. The van der Waals surface area contributed by atoms with Gasteiger partial charge < -0.3 is 15.0 Å². The van der Waals surface area contributed by atoms with Gasteiger partial charge in [0.05, 0.1) is 12.1 Å². The van der Waals surface area contributed by atoms with Crippen molar-refractivity contribution in [3.05, 3.63) is 29.8 Å². The molecule has 0 aliphatic carbocycles. The zero-order valence-corrected chi connectivity index (χ0v) is 11.0. The van der Waals surface area contributed by atoms with Crippen LogP contribution in [0.1, 0.15) is 12.8 Å². The van der Waals surface area contributed by atoms with Crippen molar-refractivity contribution >= 4 is 11.6 Å². The van der Waals surface area contributed by atoms with E-state index in [1.54, 1.807) is 0 Å². The second-order valence-electron chi connectivity index (χ2n) is 5.30. The number of piperidine rings is 1. The van der Waals surface area contributed by atoms with Crippen molar-refractivity contribution in [2.45, 2.75) is 18.4 Å². The van der Waals surface area contributed by atoms with Gasteiger partial charge in [-0.25, -0.2) is 8.78 Å². The van der Waals surface area contributed by atoms with E-state index in [9.17, 15) is 13.6 Å². The first kappa shape index (κ1) is 13.5. The highest BCUT2D eigenvalue weighted by Gasteiger charge is 2.41. The number of hydrogen-bond donors (Lipinski definition) is 1. The third-order valence-corrected chi connectivity index (χ3v) is 3.98. The number of amides is 1. The third kappa shape index (κ3) is 2.41. The van der Waals surface area contributed by atoms with E-state index in [1.165, 1.54) is 11.0 Å². The second-order valence-corrected chi connectivity index (χ2v) is 5.30. The maximum absolute atomic E-state index is 13.3. The fourth-order valence-electron chi connectivity index (χ4n) is 2.79. The molecule has 0 saturated carbocycles. The lowest BCUT2D eigenvalue weighted by molar-refractivity contribution is -0.141. The molecule has 4 nitrogen and oxygen atoms in total. The number of hydrogen-bond acceptors (Lipinski definition) is 3. The van der Waals surface area contributed by atoms with E-state index in [0.717, 1.165) is 38.1 Å². The first-order valence-corrected chi connectivity index (χ1v) is 6.70. The van der Waals surface area contributed by atoms with Crippen molar-refractivity contribution in [3.8, 4) is 0 Å². The van der Waals surface area contributed by atoms with Crippen LogP contribution in [-0.4, -0.2) is 37.7 Å². The Morgan fingerprint density at radius 1 is 1.20 bits per heavy atom. The first-order chi connectivity index (χ1) is 9.60. The average molecular weight is 282 g/mol. The number of benzene rings is 1. The lowest BCUT2D eigenvalue weighted by Gasteiger charge is -2.44. The van der Waals surface area contributed by atoms with Gasteiger partial charge in [0.15, 0.2) is 11.6 Å². The summed E-state index contributed by atoms with van der Waals surface area (Å²) in [5.74, 6) is -2.08. The highest BCUT2D eigenvalue weighted by Crippen LogP contribution is 2.31. The minimum Gasteiger partial charge on any atom is -0.363 e. The fourth-order valence-corrected chi connectivity index (χ4v) is 2.79. The highest BCUT2D eigenvalue weighted by atomic mass is 19.2. The molecule has 2 heterocycles. The number of nitrogens with one attached hydrogen (secondary N) is 1. The molecule has 0 aromatic heterocycles. The lowest BCUT2D eigenvalue weighted by atomic mass is 9.90. The molecule has 2 aliphatic heterocycles. The molecule has 0 bridgehead atoms. The van der Waals surface area contributed by atoms with Crippen molar-refractivity contribution in [1.82, 2.24) is 5.32 Å². The number of ether oxygens (including phenoxy) is 1. The van der Waals surface area contributed by atoms with E-state index in [-0.39, 0.29) is 18.1 Å². The number of nitrogens with zero attached hydrogens (tertiary/aromatic N) is 1. The van der Waals surface area contributed by atoms with Gasteiger partial charge >= 0.3 is 0 Å². The molecule has 2 fully saturated rings. The molecule has 1 spiro atoms. The second kappa shape index (κ2) is 5.10. The molecular formula is C14H16F2N2O2. The molecule has 2 saturated heterocycles. The van der Waals surface area contributed by atoms with E-state index >= 15 is 0 Å². The summed E-state index contributed by atoms with van der Waals surface area (Å²) in [5, 5.41) is 3.25. The Bertz CT molecular complexity index is 530. The Hall–Kier alpha value is -1.53. The number of halogens is 2. The van der Waals surface area contributed by atoms with E-state index < -0.39 is 11.6 Å². The Morgan fingerprint density at radius 3 is 2.65 bits per heavy atom. The van der Waals surface area contributed by atoms with Gasteiger partial charge in [-0.1, -0.05) is 0 Å². The largest absolute Gasteiger partial charge is 0.363 e. The Morgan fingerprint density at radius 2 is 1.95 bits per heavy atom. The Balaban J connectivity index is 1.86. The van der Waals surface area contributed by atoms with E-state index in [1.807, 2.05) is 0 Å². The molecule has 0 radical (unpaired) electrons. The maximum atomic E-state index is 13.3. The molecule has 1 N–H and O–H groups in total. The normalized spacial score (nSPS) is 22.3. The van der Waals surface area contributed by atoms with E-state index in [4.69, 9.17) is 4.74 Å². The smallest absolute Gasteiger partial charge is 0.253 e. The van der Waals surface area contributed by atoms with Gasteiger partial charge in [-0.2, -0.15) is 0 Å². The summed E-state index contributed by atoms with van der Waals surface area (Å²) in [6, 6.07) is 3.53. The number of morpholine rings is 1. The topological polar surface area (TPSA) is 41.6 Å². The maximum Gasteiger partial charge on any atom is 0.253 e. The van der Waals surface area contributed by atoms with Crippen LogP contribution in [0.2, 0.25) is 0 Å². The number of anilines is 1. The van der Waals surface area contributed by atoms with Crippen LogP contribution >= 0.6 is 0 Å². The molecular weight excluding hydrogens is 266 g/mol. The quantitative estimate of drug-likeness (QED) is 0.847. The molecule has 2 aliphatic rings. The van der Waals surface area contributed by atoms with Crippen LogP contribution in [0, 0.1) is 11.6 Å². The predicted octanol–water partition coefficient (Wildman–Crippen LogP) is 1.45. The lowest BCUT2D eigenvalue weighted by Crippen LogP contribution is -2.58. The number of carbonyl (C=O) groups excluding carboxylic acids is 1. The number of carbonyl (C=O) groups is 1. The molecule has 1 aromatic carbocycles. The predicted molar refractivity (Wildman–Crippen MR) is 69.5 cm³/mol. The van der Waals surface area contributed by atoms with Gasteiger partial charge in [-0.05, 0) is 38.1 Å². The van der Waals surface area contributed by atoms with Crippen molar-refractivity contribution in [2.24, 2.45) is 0 Å². The van der Waals surface area contributed by atoms with E-state index in [0.29, 0.717) is 12.2 Å². The van der Waals surface area contributed by atoms with Crippen LogP contribution < -0.4 is 10.2 Å². The van der Waals surface area contributed by atoms with Crippen molar-refractivity contribution in [2.75, 3.05) is 31.1 Å². The van der Waals surface area contributed by atoms with Crippen molar-refractivity contribution < 1.29 is 18.3 Å². The Labute approximate surface area is 115 Å². The van der Waals surface area contributed by atoms with Gasteiger partial charge in [0.25, 0.3) is 5.91 Å². The zero-order valence-electron chi connectivity index (χ0n) is 11.0. The van der Waals surface area contributed by atoms with Crippen LogP contribution in [-0.2, 0) is 9.53 Å². The summed E-state index contributed by atoms with van der Waals surface area (Å²) < 4.78 is 32.1. The SMILES string of the molecule is O=C1COC2(CCNCC2)CN1c1ccc(F)c(F)c1. The number of rotatable bonds is 1. The summed E-state index contributed by atoms with van der Waals surface area (Å²) in [5.41, 5.74) is 0.0133. The van der Waals surface area contributed by atoms with Crippen molar-refractivity contribution in [1.29, 1.82) is 0 Å². The summed E-state index contributed by atoms with van der Waals surface area (Å²) >= 11 is 0. The van der Waals surface area contributed by atoms with Gasteiger partial charge in [0, 0.05) is 11.8 Å². The summed E-state index contributed by atoms with van der Waals surface area (Å²) in [4.78, 5) is 13.5. The molecule has 6 heteroatoms. The zero-order chi connectivity index (χ0) is 14.2. The van der Waals surface area contributed by atoms with Gasteiger partial charge in [-0.15, -0.1) is 0 Å². The molecule has 0 unspecified atom stereocenters. The van der Waals surface area contributed by atoms with Gasteiger partial charge in [0.2, 0.25) is 0 Å². The van der Waals surface area contributed by atoms with Crippen LogP contribution in [0.25, 0.3) is 0 Å². The molecule has 3 rings (SSSR count). The van der Waals surface area contributed by atoms with Gasteiger partial charge in [-0.3, -0.25) is 4.79 Å². The first-order valence-electron chi connectivity index (χ1n) is 6.70. The van der Waals surface area contributed by atoms with Crippen LogP contribution in [0.5, 0.6) is 0 Å². The fraction of sp³-hybridized carbons (Fsp3) is 0.500. The Kier molecular flexibility index (Phi) is 3.43. The molecule has 1 aromatic rings. The standard InChI is InChI=1S/C14H16F2N2O2/c15-11-2-1-10(7-12(11)16)18-9-14(20-8-13(18)19)3-5-17-6-4-14/h1-2,7,17H,3-6,8-9H2. The van der Waals surface area contributed by atoms with Crippen LogP contribution in [0.15, 0.2) is 18.2 Å². The summed E-state index contributed by atoms with van der Waals surface area (Å²) in [6.45, 7) is 2.04. The minimum atomic E-state index is -0.943. The summed E-state index contributed by atoms with van der Waals surface area (Å²) in [6.07, 6.45) is 1.61. The monoisotopic (exact) mass is 282 g/mol. The van der Waals surface area contributed by atoms with E-state index in [2.05, 4.69) is 5.32 Å². The molecule has 0 atom stereocenters. The average Bonchev–Trinajstić information content (AvgIpc) is 2.46. The molecule has 1 amide bonds.